The first-order valence-electron chi connectivity index (χ1n) is 8.90. The van der Waals surface area contributed by atoms with Gasteiger partial charge in [0.2, 0.25) is 5.91 Å². The summed E-state index contributed by atoms with van der Waals surface area (Å²) in [5, 5.41) is 8.50. The van der Waals surface area contributed by atoms with E-state index in [9.17, 15) is 9.59 Å². The number of hydrogen-bond acceptors (Lipinski definition) is 5. The van der Waals surface area contributed by atoms with Crippen LogP contribution >= 0.6 is 0 Å². The van der Waals surface area contributed by atoms with Crippen LogP contribution in [0.2, 0.25) is 0 Å². The molecule has 0 bridgehead atoms. The Balaban J connectivity index is 1.47. The third kappa shape index (κ3) is 2.52. The topological polar surface area (TPSA) is 85.6 Å². The summed E-state index contributed by atoms with van der Waals surface area (Å²) in [6.45, 7) is 0.582. The lowest BCUT2D eigenvalue weighted by Gasteiger charge is -2.23. The Morgan fingerprint density at radius 2 is 2.00 bits per heavy atom. The predicted molar refractivity (Wildman–Crippen MR) is 97.1 cm³/mol. The molecule has 1 aliphatic rings. The molecule has 0 aliphatic carbocycles. The van der Waals surface area contributed by atoms with Gasteiger partial charge in [-0.3, -0.25) is 13.8 Å². The smallest absolute Gasteiger partial charge is 0.408 e. The maximum Gasteiger partial charge on any atom is 0.420 e. The number of oxazole rings is 1. The van der Waals surface area contributed by atoms with Crippen LogP contribution in [0, 0.1) is 0 Å². The van der Waals surface area contributed by atoms with Crippen molar-refractivity contribution in [2.24, 2.45) is 0 Å². The van der Waals surface area contributed by atoms with Crippen LogP contribution in [0.1, 0.15) is 24.7 Å². The van der Waals surface area contributed by atoms with Gasteiger partial charge in [-0.2, -0.15) is 0 Å². The average molecular weight is 363 g/mol. The molecule has 1 amide bonds. The standard InChI is InChI=1S/C19H17N5O3/c25-17(12-24-13-6-1-2-8-15(13)27-19(24)26)22-11-5-7-14(22)18-21-20-16-9-3-4-10-23(16)18/h1-4,6,8-10,14H,5,7,11-12H2. The number of aromatic nitrogens is 4. The Bertz CT molecular complexity index is 1200. The molecule has 4 heterocycles. The highest BCUT2D eigenvalue weighted by Crippen LogP contribution is 2.31. The van der Waals surface area contributed by atoms with Gasteiger partial charge in [0.15, 0.2) is 17.1 Å². The summed E-state index contributed by atoms with van der Waals surface area (Å²) < 4.78 is 8.53. The third-order valence-corrected chi connectivity index (χ3v) is 5.08. The second-order valence-corrected chi connectivity index (χ2v) is 6.65. The highest BCUT2D eigenvalue weighted by Gasteiger charge is 2.33. The van der Waals surface area contributed by atoms with E-state index in [1.165, 1.54) is 4.57 Å². The van der Waals surface area contributed by atoms with Crippen molar-refractivity contribution in [2.75, 3.05) is 6.54 Å². The number of carbonyl (C=O) groups is 1. The van der Waals surface area contributed by atoms with Gasteiger partial charge in [0, 0.05) is 12.7 Å². The number of fused-ring (bicyclic) bond motifs is 2. The molecule has 0 spiro atoms. The summed E-state index contributed by atoms with van der Waals surface area (Å²) in [5.41, 5.74) is 1.86. The minimum atomic E-state index is -0.520. The molecular formula is C19H17N5O3. The van der Waals surface area contributed by atoms with E-state index in [0.717, 1.165) is 24.3 Å². The quantitative estimate of drug-likeness (QED) is 0.556. The fourth-order valence-corrected chi connectivity index (χ4v) is 3.81. The molecule has 1 unspecified atom stereocenters. The molecule has 1 saturated heterocycles. The lowest BCUT2D eigenvalue weighted by molar-refractivity contribution is -0.133. The molecule has 0 N–H and O–H groups in total. The van der Waals surface area contributed by atoms with E-state index in [2.05, 4.69) is 10.2 Å². The lowest BCUT2D eigenvalue weighted by Crippen LogP contribution is -2.36. The van der Waals surface area contributed by atoms with E-state index >= 15 is 0 Å². The fourth-order valence-electron chi connectivity index (χ4n) is 3.81. The van der Waals surface area contributed by atoms with Crippen molar-refractivity contribution in [3.05, 3.63) is 65.0 Å². The SMILES string of the molecule is O=C(Cn1c(=O)oc2ccccc21)N1CCCC1c1nnc2ccccn12. The van der Waals surface area contributed by atoms with Crippen LogP contribution in [0.15, 0.2) is 57.9 Å². The zero-order valence-corrected chi connectivity index (χ0v) is 14.5. The molecule has 0 saturated carbocycles. The van der Waals surface area contributed by atoms with Gasteiger partial charge < -0.3 is 9.32 Å². The third-order valence-electron chi connectivity index (χ3n) is 5.08. The van der Waals surface area contributed by atoms with Crippen molar-refractivity contribution in [1.82, 2.24) is 24.1 Å². The number of likely N-dealkylation sites (tertiary alicyclic amines) is 1. The number of rotatable bonds is 3. The molecule has 3 aromatic heterocycles. The molecule has 4 aromatic rings. The van der Waals surface area contributed by atoms with Crippen LogP contribution in [-0.2, 0) is 11.3 Å². The molecule has 1 aromatic carbocycles. The number of nitrogens with zero attached hydrogens (tertiary/aromatic N) is 5. The number of amides is 1. The summed E-state index contributed by atoms with van der Waals surface area (Å²) in [4.78, 5) is 27.0. The summed E-state index contributed by atoms with van der Waals surface area (Å²) in [7, 11) is 0. The number of hydrogen-bond donors (Lipinski definition) is 0. The summed E-state index contributed by atoms with van der Waals surface area (Å²) in [5.74, 6) is 0.105. The molecule has 27 heavy (non-hydrogen) atoms. The second kappa shape index (κ2) is 6.08. The van der Waals surface area contributed by atoms with Crippen LogP contribution < -0.4 is 5.76 Å². The van der Waals surface area contributed by atoms with Crippen LogP contribution in [0.3, 0.4) is 0 Å². The number of pyridine rings is 1. The van der Waals surface area contributed by atoms with E-state index in [4.69, 9.17) is 4.42 Å². The van der Waals surface area contributed by atoms with Gasteiger partial charge in [-0.15, -0.1) is 10.2 Å². The molecule has 136 valence electrons. The van der Waals surface area contributed by atoms with Crippen molar-refractivity contribution >= 4 is 22.7 Å². The maximum absolute atomic E-state index is 13.0. The van der Waals surface area contributed by atoms with Gasteiger partial charge in [-0.05, 0) is 37.1 Å². The monoisotopic (exact) mass is 363 g/mol. The first kappa shape index (κ1) is 15.8. The zero-order chi connectivity index (χ0) is 18.4. The van der Waals surface area contributed by atoms with Crippen LogP contribution in [-0.4, -0.2) is 36.5 Å². The normalized spacial score (nSPS) is 17.2. The highest BCUT2D eigenvalue weighted by atomic mass is 16.4. The summed E-state index contributed by atoms with van der Waals surface area (Å²) in [6.07, 6.45) is 3.61. The van der Waals surface area contributed by atoms with Crippen molar-refractivity contribution in [3.8, 4) is 0 Å². The Hall–Kier alpha value is -3.42. The van der Waals surface area contributed by atoms with Crippen molar-refractivity contribution < 1.29 is 9.21 Å². The first-order valence-corrected chi connectivity index (χ1v) is 8.90. The first-order chi connectivity index (χ1) is 13.2. The molecular weight excluding hydrogens is 346 g/mol. The van der Waals surface area contributed by atoms with E-state index in [1.54, 1.807) is 23.1 Å². The Morgan fingerprint density at radius 1 is 1.15 bits per heavy atom. The minimum absolute atomic E-state index is 0.0525. The van der Waals surface area contributed by atoms with Gasteiger partial charge in [0.05, 0.1) is 11.6 Å². The second-order valence-electron chi connectivity index (χ2n) is 6.65. The largest absolute Gasteiger partial charge is 0.420 e. The minimum Gasteiger partial charge on any atom is -0.408 e. The molecule has 1 aliphatic heterocycles. The lowest BCUT2D eigenvalue weighted by atomic mass is 10.2. The molecule has 0 radical (unpaired) electrons. The Kier molecular flexibility index (Phi) is 3.56. The molecule has 8 heteroatoms. The van der Waals surface area contributed by atoms with E-state index < -0.39 is 5.76 Å². The van der Waals surface area contributed by atoms with E-state index in [1.807, 2.05) is 34.9 Å². The van der Waals surface area contributed by atoms with Crippen LogP contribution in [0.5, 0.6) is 0 Å². The van der Waals surface area contributed by atoms with Gasteiger partial charge in [-0.1, -0.05) is 18.2 Å². The van der Waals surface area contributed by atoms with Crippen molar-refractivity contribution in [3.63, 3.8) is 0 Å². The Morgan fingerprint density at radius 3 is 2.93 bits per heavy atom. The average Bonchev–Trinajstić information content (AvgIpc) is 3.39. The summed E-state index contributed by atoms with van der Waals surface area (Å²) in [6, 6.07) is 12.7. The number of carbonyl (C=O) groups excluding carboxylic acids is 1. The Labute approximate surface area is 153 Å². The van der Waals surface area contributed by atoms with Gasteiger partial charge >= 0.3 is 5.76 Å². The zero-order valence-electron chi connectivity index (χ0n) is 14.5. The van der Waals surface area contributed by atoms with Gasteiger partial charge in [0.1, 0.15) is 6.54 Å². The number of para-hydroxylation sites is 2. The van der Waals surface area contributed by atoms with Crippen molar-refractivity contribution in [2.45, 2.75) is 25.4 Å². The van der Waals surface area contributed by atoms with Gasteiger partial charge in [0.25, 0.3) is 0 Å². The number of benzene rings is 1. The summed E-state index contributed by atoms with van der Waals surface area (Å²) >= 11 is 0. The molecule has 8 nitrogen and oxygen atoms in total. The molecule has 1 atom stereocenters. The molecule has 1 fully saturated rings. The van der Waals surface area contributed by atoms with Gasteiger partial charge in [-0.25, -0.2) is 4.79 Å². The molecule has 5 rings (SSSR count). The van der Waals surface area contributed by atoms with Crippen molar-refractivity contribution in [1.29, 1.82) is 0 Å². The van der Waals surface area contributed by atoms with E-state index in [-0.39, 0.29) is 18.5 Å². The van der Waals surface area contributed by atoms with Crippen LogP contribution in [0.25, 0.3) is 16.7 Å². The van der Waals surface area contributed by atoms with Crippen LogP contribution in [0.4, 0.5) is 0 Å². The van der Waals surface area contributed by atoms with E-state index in [0.29, 0.717) is 17.6 Å². The highest BCUT2D eigenvalue weighted by molar-refractivity contribution is 5.80. The fraction of sp³-hybridized carbons (Fsp3) is 0.263. The predicted octanol–water partition coefficient (Wildman–Crippen LogP) is 2.00. The maximum atomic E-state index is 13.0.